The summed E-state index contributed by atoms with van der Waals surface area (Å²) in [5.41, 5.74) is 6.79. The van der Waals surface area contributed by atoms with Crippen molar-refractivity contribution in [2.24, 2.45) is 5.92 Å². The van der Waals surface area contributed by atoms with E-state index in [0.29, 0.717) is 19.4 Å². The van der Waals surface area contributed by atoms with Crippen molar-refractivity contribution in [3.8, 4) is 11.1 Å². The van der Waals surface area contributed by atoms with E-state index in [9.17, 15) is 14.4 Å². The number of ether oxygens (including phenoxy) is 1. The predicted octanol–water partition coefficient (Wildman–Crippen LogP) is 3.46. The maximum absolute atomic E-state index is 12.2. The molecule has 0 aromatic heterocycles. The number of amides is 2. The highest BCUT2D eigenvalue weighted by molar-refractivity contribution is 5.79. The molecule has 32 heavy (non-hydrogen) atoms. The molecular formula is C24H28N2O6. The van der Waals surface area contributed by atoms with Crippen LogP contribution >= 0.6 is 0 Å². The maximum atomic E-state index is 12.2. The Morgan fingerprint density at radius 3 is 2.25 bits per heavy atom. The quantitative estimate of drug-likeness (QED) is 0.461. The second kappa shape index (κ2) is 11.3. The standard InChI is InChI=1S/C24H28N2O6/c1-16(10-11-22(27)26-32-15-23(28)29)12-13-25-24(30)31-14-21-19-8-4-2-6-17(19)18-7-3-5-9-20(18)21/h2-9,16,21H,10-15H2,1H3,(H,25,30)(H,26,27)(H,28,29). The number of carboxylic acid groups (broad SMARTS) is 1. The highest BCUT2D eigenvalue weighted by atomic mass is 16.7. The molecule has 0 saturated carbocycles. The van der Waals surface area contributed by atoms with E-state index < -0.39 is 18.7 Å². The molecular weight excluding hydrogens is 412 g/mol. The van der Waals surface area contributed by atoms with E-state index in [0.717, 1.165) is 0 Å². The molecule has 1 aliphatic rings. The van der Waals surface area contributed by atoms with Gasteiger partial charge in [0.25, 0.3) is 0 Å². The molecule has 2 aromatic carbocycles. The Kier molecular flexibility index (Phi) is 8.21. The number of hydroxylamine groups is 1. The third-order valence-electron chi connectivity index (χ3n) is 5.50. The maximum Gasteiger partial charge on any atom is 0.407 e. The van der Waals surface area contributed by atoms with Crippen LogP contribution in [0.15, 0.2) is 48.5 Å². The van der Waals surface area contributed by atoms with Crippen LogP contribution in [0.5, 0.6) is 0 Å². The van der Waals surface area contributed by atoms with Gasteiger partial charge in [-0.05, 0) is 41.0 Å². The van der Waals surface area contributed by atoms with Crippen LogP contribution in [0.25, 0.3) is 11.1 Å². The van der Waals surface area contributed by atoms with Crippen molar-refractivity contribution in [2.45, 2.75) is 32.1 Å². The van der Waals surface area contributed by atoms with Crippen molar-refractivity contribution < 1.29 is 29.1 Å². The number of carboxylic acids is 1. The minimum atomic E-state index is -1.15. The fraction of sp³-hybridized carbons (Fsp3) is 0.375. The van der Waals surface area contributed by atoms with E-state index in [1.807, 2.05) is 31.2 Å². The summed E-state index contributed by atoms with van der Waals surface area (Å²) >= 11 is 0. The number of alkyl carbamates (subject to hydrolysis) is 1. The average Bonchev–Trinajstić information content (AvgIpc) is 3.10. The van der Waals surface area contributed by atoms with Crippen molar-refractivity contribution in [1.29, 1.82) is 0 Å². The van der Waals surface area contributed by atoms with Crippen LogP contribution in [0.4, 0.5) is 4.79 Å². The summed E-state index contributed by atoms with van der Waals surface area (Å²) in [7, 11) is 0. The van der Waals surface area contributed by atoms with Gasteiger partial charge in [0.1, 0.15) is 6.61 Å². The molecule has 0 heterocycles. The number of carbonyl (C=O) groups excluding carboxylic acids is 2. The number of carbonyl (C=O) groups is 3. The van der Waals surface area contributed by atoms with Crippen LogP contribution in [-0.4, -0.2) is 42.8 Å². The van der Waals surface area contributed by atoms with Gasteiger partial charge in [0.05, 0.1) is 0 Å². The van der Waals surface area contributed by atoms with E-state index in [4.69, 9.17) is 9.84 Å². The summed E-state index contributed by atoms with van der Waals surface area (Å²) < 4.78 is 5.50. The van der Waals surface area contributed by atoms with Gasteiger partial charge in [-0.15, -0.1) is 0 Å². The number of aliphatic carboxylic acids is 1. The van der Waals surface area contributed by atoms with Gasteiger partial charge >= 0.3 is 12.1 Å². The first-order valence-electron chi connectivity index (χ1n) is 10.7. The minimum absolute atomic E-state index is 0.0222. The third-order valence-corrected chi connectivity index (χ3v) is 5.50. The minimum Gasteiger partial charge on any atom is -0.479 e. The molecule has 3 N–H and O–H groups in total. The fourth-order valence-electron chi connectivity index (χ4n) is 3.82. The van der Waals surface area contributed by atoms with Gasteiger partial charge in [-0.25, -0.2) is 15.1 Å². The average molecular weight is 440 g/mol. The molecule has 2 amide bonds. The molecule has 1 atom stereocenters. The smallest absolute Gasteiger partial charge is 0.407 e. The van der Waals surface area contributed by atoms with E-state index in [1.165, 1.54) is 22.3 Å². The fourth-order valence-corrected chi connectivity index (χ4v) is 3.82. The largest absolute Gasteiger partial charge is 0.479 e. The molecule has 1 unspecified atom stereocenters. The molecule has 0 fully saturated rings. The van der Waals surface area contributed by atoms with Crippen LogP contribution in [-0.2, 0) is 19.2 Å². The second-order valence-electron chi connectivity index (χ2n) is 7.89. The molecule has 0 saturated heterocycles. The summed E-state index contributed by atoms with van der Waals surface area (Å²) in [6.45, 7) is 2.11. The van der Waals surface area contributed by atoms with Crippen molar-refractivity contribution in [2.75, 3.05) is 19.8 Å². The van der Waals surface area contributed by atoms with Crippen molar-refractivity contribution in [3.63, 3.8) is 0 Å². The Morgan fingerprint density at radius 2 is 1.62 bits per heavy atom. The lowest BCUT2D eigenvalue weighted by Gasteiger charge is -2.15. The van der Waals surface area contributed by atoms with E-state index in [-0.39, 0.29) is 30.8 Å². The summed E-state index contributed by atoms with van der Waals surface area (Å²) in [6.07, 6.45) is 1.03. The monoisotopic (exact) mass is 440 g/mol. The van der Waals surface area contributed by atoms with Crippen LogP contribution in [0.3, 0.4) is 0 Å². The van der Waals surface area contributed by atoms with Gasteiger partial charge in [-0.2, -0.15) is 0 Å². The van der Waals surface area contributed by atoms with Gasteiger partial charge < -0.3 is 15.2 Å². The number of nitrogens with one attached hydrogen (secondary N) is 2. The molecule has 0 aliphatic heterocycles. The molecule has 1 aliphatic carbocycles. The van der Waals surface area contributed by atoms with Crippen molar-refractivity contribution in [1.82, 2.24) is 10.8 Å². The van der Waals surface area contributed by atoms with E-state index >= 15 is 0 Å². The van der Waals surface area contributed by atoms with Crippen LogP contribution < -0.4 is 10.8 Å². The Morgan fingerprint density at radius 1 is 1.00 bits per heavy atom. The van der Waals surface area contributed by atoms with Crippen LogP contribution in [0.2, 0.25) is 0 Å². The number of fused-ring (bicyclic) bond motifs is 3. The number of benzene rings is 2. The molecule has 8 nitrogen and oxygen atoms in total. The van der Waals surface area contributed by atoms with Crippen LogP contribution in [0.1, 0.15) is 43.2 Å². The SMILES string of the molecule is CC(CCNC(=O)OCC1c2ccccc2-c2ccccc21)CCC(=O)NOCC(=O)O. The first-order chi connectivity index (χ1) is 15.5. The van der Waals surface area contributed by atoms with E-state index in [1.54, 1.807) is 0 Å². The predicted molar refractivity (Wildman–Crippen MR) is 118 cm³/mol. The normalized spacial score (nSPS) is 13.0. The lowest BCUT2D eigenvalue weighted by atomic mass is 9.98. The Hall–Kier alpha value is -3.39. The molecule has 0 radical (unpaired) electrons. The molecule has 2 aromatic rings. The Bertz CT molecular complexity index is 916. The van der Waals surface area contributed by atoms with Crippen molar-refractivity contribution >= 4 is 18.0 Å². The summed E-state index contributed by atoms with van der Waals surface area (Å²) in [4.78, 5) is 38.6. The van der Waals surface area contributed by atoms with Gasteiger partial charge in [0.2, 0.25) is 5.91 Å². The van der Waals surface area contributed by atoms with Gasteiger partial charge in [-0.3, -0.25) is 9.63 Å². The van der Waals surface area contributed by atoms with Gasteiger partial charge in [0, 0.05) is 18.9 Å². The molecule has 0 spiro atoms. The van der Waals surface area contributed by atoms with Crippen molar-refractivity contribution in [3.05, 3.63) is 59.7 Å². The first kappa shape index (κ1) is 23.3. The number of rotatable bonds is 11. The van der Waals surface area contributed by atoms with Crippen LogP contribution in [0, 0.1) is 5.92 Å². The summed E-state index contributed by atoms with van der Waals surface area (Å²) in [6, 6.07) is 16.4. The zero-order valence-electron chi connectivity index (χ0n) is 18.0. The Labute approximate surface area is 186 Å². The topological polar surface area (TPSA) is 114 Å². The number of hydrogen-bond acceptors (Lipinski definition) is 5. The highest BCUT2D eigenvalue weighted by Crippen LogP contribution is 2.44. The zero-order valence-corrected chi connectivity index (χ0v) is 18.0. The zero-order chi connectivity index (χ0) is 22.9. The lowest BCUT2D eigenvalue weighted by Crippen LogP contribution is -2.28. The van der Waals surface area contributed by atoms with Gasteiger partial charge in [0.15, 0.2) is 6.61 Å². The van der Waals surface area contributed by atoms with E-state index in [2.05, 4.69) is 39.9 Å². The number of hydrogen-bond donors (Lipinski definition) is 3. The summed E-state index contributed by atoms with van der Waals surface area (Å²) in [5.74, 6) is -1.32. The molecule has 8 heteroatoms. The first-order valence-corrected chi connectivity index (χ1v) is 10.7. The highest BCUT2D eigenvalue weighted by Gasteiger charge is 2.28. The molecule has 170 valence electrons. The molecule has 3 rings (SSSR count). The second-order valence-corrected chi connectivity index (χ2v) is 7.89. The Balaban J connectivity index is 1.36. The summed E-state index contributed by atoms with van der Waals surface area (Å²) in [5, 5.41) is 11.2. The van der Waals surface area contributed by atoms with Gasteiger partial charge in [-0.1, -0.05) is 55.5 Å². The lowest BCUT2D eigenvalue weighted by molar-refractivity contribution is -0.149. The molecule has 0 bridgehead atoms. The third kappa shape index (κ3) is 6.31.